The van der Waals surface area contributed by atoms with E-state index in [-0.39, 0.29) is 5.82 Å². The number of halogens is 1. The Morgan fingerprint density at radius 3 is 2.62 bits per heavy atom. The molecule has 0 saturated carbocycles. The summed E-state index contributed by atoms with van der Waals surface area (Å²) in [6.45, 7) is 2.93. The van der Waals surface area contributed by atoms with Crippen LogP contribution >= 0.6 is 11.3 Å². The van der Waals surface area contributed by atoms with Crippen LogP contribution in [0.1, 0.15) is 17.5 Å². The van der Waals surface area contributed by atoms with Crippen molar-refractivity contribution < 1.29 is 4.39 Å². The van der Waals surface area contributed by atoms with E-state index in [1.165, 1.54) is 10.9 Å². The van der Waals surface area contributed by atoms with Crippen LogP contribution in [0.25, 0.3) is 21.3 Å². The molecule has 21 heavy (non-hydrogen) atoms. The van der Waals surface area contributed by atoms with Gasteiger partial charge in [0.25, 0.3) is 0 Å². The van der Waals surface area contributed by atoms with Gasteiger partial charge in [-0.2, -0.15) is 0 Å². The van der Waals surface area contributed by atoms with Crippen molar-refractivity contribution in [3.8, 4) is 10.6 Å². The van der Waals surface area contributed by atoms with Crippen molar-refractivity contribution in [3.63, 3.8) is 0 Å². The molecule has 1 aromatic heterocycles. The second-order valence-corrected chi connectivity index (χ2v) is 6.00. The molecular formula is C17H17FN2S. The van der Waals surface area contributed by atoms with E-state index in [0.29, 0.717) is 5.39 Å². The minimum Gasteiger partial charge on any atom is -0.315 e. The van der Waals surface area contributed by atoms with Crippen LogP contribution in [0.15, 0.2) is 36.4 Å². The third kappa shape index (κ3) is 2.57. The van der Waals surface area contributed by atoms with E-state index < -0.39 is 0 Å². The number of thiazole rings is 1. The molecule has 0 atom stereocenters. The first-order valence-electron chi connectivity index (χ1n) is 7.05. The maximum atomic E-state index is 13.9. The Balaban J connectivity index is 2.19. The molecule has 0 fully saturated rings. The Morgan fingerprint density at radius 1 is 1.14 bits per heavy atom. The number of hydrogen-bond acceptors (Lipinski definition) is 3. The molecule has 0 aliphatic carbocycles. The highest BCUT2D eigenvalue weighted by molar-refractivity contribution is 7.15. The van der Waals surface area contributed by atoms with Gasteiger partial charge in [-0.25, -0.2) is 9.37 Å². The number of benzene rings is 2. The summed E-state index contributed by atoms with van der Waals surface area (Å²) in [6, 6.07) is 10.9. The molecule has 3 aromatic rings. The zero-order valence-corrected chi connectivity index (χ0v) is 12.9. The van der Waals surface area contributed by atoms with Crippen molar-refractivity contribution in [2.24, 2.45) is 0 Å². The average Bonchev–Trinajstić information content (AvgIpc) is 2.91. The second kappa shape index (κ2) is 5.92. The SMILES string of the molecule is CCc1nc(-c2ccc(F)c3ccccc23)sc1CNC. The smallest absolute Gasteiger partial charge is 0.131 e. The van der Waals surface area contributed by atoms with E-state index in [9.17, 15) is 4.39 Å². The van der Waals surface area contributed by atoms with Crippen LogP contribution in [0.2, 0.25) is 0 Å². The Bertz CT molecular complexity index is 780. The summed E-state index contributed by atoms with van der Waals surface area (Å²) >= 11 is 1.69. The molecule has 3 rings (SSSR count). The fourth-order valence-electron chi connectivity index (χ4n) is 2.52. The number of rotatable bonds is 4. The molecule has 0 bridgehead atoms. The number of nitrogens with zero attached hydrogens (tertiary/aromatic N) is 1. The van der Waals surface area contributed by atoms with Crippen LogP contribution < -0.4 is 5.32 Å². The number of hydrogen-bond donors (Lipinski definition) is 1. The van der Waals surface area contributed by atoms with Crippen LogP contribution in [0.4, 0.5) is 4.39 Å². The molecule has 0 unspecified atom stereocenters. The summed E-state index contributed by atoms with van der Waals surface area (Å²) in [5.41, 5.74) is 2.13. The molecule has 0 amide bonds. The number of fused-ring (bicyclic) bond motifs is 1. The first kappa shape index (κ1) is 14.2. The van der Waals surface area contributed by atoms with Crippen molar-refractivity contribution >= 4 is 22.1 Å². The molecule has 0 spiro atoms. The molecule has 2 nitrogen and oxygen atoms in total. The highest BCUT2D eigenvalue weighted by Gasteiger charge is 2.14. The maximum absolute atomic E-state index is 13.9. The molecular weight excluding hydrogens is 283 g/mol. The van der Waals surface area contributed by atoms with Crippen molar-refractivity contribution in [1.82, 2.24) is 10.3 Å². The molecule has 1 heterocycles. The van der Waals surface area contributed by atoms with Crippen LogP contribution in [-0.4, -0.2) is 12.0 Å². The predicted octanol–water partition coefficient (Wildman–Crippen LogP) is 4.38. The van der Waals surface area contributed by atoms with Gasteiger partial charge in [0, 0.05) is 22.4 Å². The zero-order chi connectivity index (χ0) is 14.8. The summed E-state index contributed by atoms with van der Waals surface area (Å²) in [7, 11) is 1.94. The van der Waals surface area contributed by atoms with Gasteiger partial charge in [-0.15, -0.1) is 11.3 Å². The molecule has 0 aliphatic rings. The van der Waals surface area contributed by atoms with Crippen LogP contribution in [0, 0.1) is 5.82 Å². The summed E-state index contributed by atoms with van der Waals surface area (Å²) in [6.07, 6.45) is 0.909. The standard InChI is InChI=1S/C17H17FN2S/c1-3-15-16(10-19-2)21-17(20-15)13-8-9-14(18)12-7-5-4-6-11(12)13/h4-9,19H,3,10H2,1-2H3. The molecule has 108 valence electrons. The fraction of sp³-hybridized carbons (Fsp3) is 0.235. The molecule has 1 N–H and O–H groups in total. The Labute approximate surface area is 127 Å². The van der Waals surface area contributed by atoms with Gasteiger partial charge in [0.1, 0.15) is 10.8 Å². The Kier molecular flexibility index (Phi) is 3.99. The largest absolute Gasteiger partial charge is 0.315 e. The third-order valence-electron chi connectivity index (χ3n) is 3.55. The predicted molar refractivity (Wildman–Crippen MR) is 87.2 cm³/mol. The number of aryl methyl sites for hydroxylation is 1. The van der Waals surface area contributed by atoms with Gasteiger partial charge >= 0.3 is 0 Å². The lowest BCUT2D eigenvalue weighted by atomic mass is 10.0. The summed E-state index contributed by atoms with van der Waals surface area (Å²) < 4.78 is 13.9. The first-order chi connectivity index (χ1) is 10.2. The van der Waals surface area contributed by atoms with Gasteiger partial charge in [-0.3, -0.25) is 0 Å². The van der Waals surface area contributed by atoms with Crippen molar-refractivity contribution in [2.75, 3.05) is 7.05 Å². The minimum atomic E-state index is -0.183. The van der Waals surface area contributed by atoms with Gasteiger partial charge in [-0.05, 0) is 31.0 Å². The lowest BCUT2D eigenvalue weighted by Crippen LogP contribution is -2.05. The highest BCUT2D eigenvalue weighted by atomic mass is 32.1. The Hall–Kier alpha value is -1.78. The summed E-state index contributed by atoms with van der Waals surface area (Å²) in [4.78, 5) is 6.01. The van der Waals surface area contributed by atoms with Gasteiger partial charge in [0.15, 0.2) is 0 Å². The van der Waals surface area contributed by atoms with E-state index in [1.807, 2.05) is 37.4 Å². The second-order valence-electron chi connectivity index (χ2n) is 4.91. The quantitative estimate of drug-likeness (QED) is 0.773. The lowest BCUT2D eigenvalue weighted by Gasteiger charge is -2.04. The highest BCUT2D eigenvalue weighted by Crippen LogP contribution is 2.34. The van der Waals surface area contributed by atoms with Crippen LogP contribution in [0.5, 0.6) is 0 Å². The van der Waals surface area contributed by atoms with E-state index >= 15 is 0 Å². The summed E-state index contributed by atoms with van der Waals surface area (Å²) in [5.74, 6) is -0.183. The number of nitrogens with one attached hydrogen (secondary N) is 1. The average molecular weight is 300 g/mol. The molecule has 0 saturated heterocycles. The molecule has 4 heteroatoms. The maximum Gasteiger partial charge on any atom is 0.131 e. The molecule has 0 aliphatic heterocycles. The van der Waals surface area contributed by atoms with Gasteiger partial charge < -0.3 is 5.32 Å². The summed E-state index contributed by atoms with van der Waals surface area (Å²) in [5, 5.41) is 5.72. The minimum absolute atomic E-state index is 0.183. The van der Waals surface area contributed by atoms with E-state index in [0.717, 1.165) is 34.6 Å². The van der Waals surface area contributed by atoms with Gasteiger partial charge in [0.2, 0.25) is 0 Å². The number of aromatic nitrogens is 1. The van der Waals surface area contributed by atoms with Crippen LogP contribution in [-0.2, 0) is 13.0 Å². The lowest BCUT2D eigenvalue weighted by molar-refractivity contribution is 0.640. The van der Waals surface area contributed by atoms with Crippen molar-refractivity contribution in [3.05, 3.63) is 52.8 Å². The third-order valence-corrected chi connectivity index (χ3v) is 4.68. The van der Waals surface area contributed by atoms with Crippen LogP contribution in [0.3, 0.4) is 0 Å². The van der Waals surface area contributed by atoms with Crippen molar-refractivity contribution in [1.29, 1.82) is 0 Å². The molecule has 0 radical (unpaired) electrons. The van der Waals surface area contributed by atoms with Gasteiger partial charge in [-0.1, -0.05) is 31.2 Å². The fourth-order valence-corrected chi connectivity index (χ4v) is 3.72. The Morgan fingerprint density at radius 2 is 1.90 bits per heavy atom. The van der Waals surface area contributed by atoms with E-state index in [1.54, 1.807) is 11.3 Å². The van der Waals surface area contributed by atoms with E-state index in [2.05, 4.69) is 12.2 Å². The topological polar surface area (TPSA) is 24.9 Å². The van der Waals surface area contributed by atoms with Crippen molar-refractivity contribution in [2.45, 2.75) is 19.9 Å². The monoisotopic (exact) mass is 300 g/mol. The zero-order valence-electron chi connectivity index (χ0n) is 12.1. The van der Waals surface area contributed by atoms with E-state index in [4.69, 9.17) is 4.98 Å². The van der Waals surface area contributed by atoms with Gasteiger partial charge in [0.05, 0.1) is 5.69 Å². The first-order valence-corrected chi connectivity index (χ1v) is 7.87. The molecule has 2 aromatic carbocycles. The normalized spacial score (nSPS) is 11.2.